The van der Waals surface area contributed by atoms with Crippen LogP contribution in [0.1, 0.15) is 52.4 Å². The molecule has 90 valence electrons. The molecule has 1 fully saturated rings. The lowest BCUT2D eigenvalue weighted by Gasteiger charge is -2.21. The molecule has 1 saturated carbocycles. The Kier molecular flexibility index (Phi) is 6.26. The molecule has 0 aliphatic heterocycles. The third kappa shape index (κ3) is 6.16. The molecule has 0 radical (unpaired) electrons. The van der Waals surface area contributed by atoms with Crippen LogP contribution in [0.25, 0.3) is 0 Å². The van der Waals surface area contributed by atoms with Gasteiger partial charge in [0.1, 0.15) is 0 Å². The SMILES string of the molecule is CCCNC(CCC1CC1)CC(C)OC. The lowest BCUT2D eigenvalue weighted by Crippen LogP contribution is -2.33. The highest BCUT2D eigenvalue weighted by atomic mass is 16.5. The van der Waals surface area contributed by atoms with E-state index in [1.807, 2.05) is 7.11 Å². The Balaban J connectivity index is 2.16. The van der Waals surface area contributed by atoms with E-state index in [-0.39, 0.29) is 0 Å². The molecule has 2 heteroatoms. The van der Waals surface area contributed by atoms with Gasteiger partial charge in [-0.25, -0.2) is 0 Å². The molecule has 1 aliphatic carbocycles. The van der Waals surface area contributed by atoms with Crippen molar-refractivity contribution < 1.29 is 4.74 Å². The van der Waals surface area contributed by atoms with Crippen LogP contribution in [-0.4, -0.2) is 25.8 Å². The Labute approximate surface area is 94.8 Å². The predicted octanol–water partition coefficient (Wildman–Crippen LogP) is 2.97. The first-order chi connectivity index (χ1) is 7.26. The quantitative estimate of drug-likeness (QED) is 0.636. The van der Waals surface area contributed by atoms with Gasteiger partial charge in [-0.15, -0.1) is 0 Å². The number of nitrogens with one attached hydrogen (secondary N) is 1. The van der Waals surface area contributed by atoms with Crippen LogP contribution in [0, 0.1) is 5.92 Å². The molecule has 0 bridgehead atoms. The Bertz CT molecular complexity index is 157. The second-order valence-electron chi connectivity index (χ2n) is 4.95. The zero-order valence-electron chi connectivity index (χ0n) is 10.6. The van der Waals surface area contributed by atoms with Crippen LogP contribution in [0.4, 0.5) is 0 Å². The summed E-state index contributed by atoms with van der Waals surface area (Å²) in [6, 6.07) is 0.667. The van der Waals surface area contributed by atoms with E-state index < -0.39 is 0 Å². The van der Waals surface area contributed by atoms with Gasteiger partial charge in [-0.2, -0.15) is 0 Å². The van der Waals surface area contributed by atoms with Gasteiger partial charge in [-0.05, 0) is 45.1 Å². The van der Waals surface area contributed by atoms with Crippen molar-refractivity contribution in [2.24, 2.45) is 5.92 Å². The average molecular weight is 213 g/mol. The van der Waals surface area contributed by atoms with Gasteiger partial charge in [-0.1, -0.05) is 19.8 Å². The highest BCUT2D eigenvalue weighted by Gasteiger charge is 2.22. The van der Waals surface area contributed by atoms with Crippen molar-refractivity contribution in [2.45, 2.75) is 64.5 Å². The molecule has 0 aromatic heterocycles. The maximum Gasteiger partial charge on any atom is 0.0558 e. The predicted molar refractivity (Wildman–Crippen MR) is 65.1 cm³/mol. The van der Waals surface area contributed by atoms with Gasteiger partial charge >= 0.3 is 0 Å². The zero-order chi connectivity index (χ0) is 11.1. The molecule has 0 amide bonds. The standard InChI is InChI=1S/C13H27NO/c1-4-9-14-13(10-11(2)15-3)8-7-12-5-6-12/h11-14H,4-10H2,1-3H3. The van der Waals surface area contributed by atoms with Crippen LogP contribution < -0.4 is 5.32 Å². The monoisotopic (exact) mass is 213 g/mol. The van der Waals surface area contributed by atoms with Crippen molar-refractivity contribution in [3.63, 3.8) is 0 Å². The fourth-order valence-corrected chi connectivity index (χ4v) is 1.99. The van der Waals surface area contributed by atoms with E-state index in [2.05, 4.69) is 19.2 Å². The summed E-state index contributed by atoms with van der Waals surface area (Å²) in [5.74, 6) is 1.05. The fourth-order valence-electron chi connectivity index (χ4n) is 1.99. The molecule has 0 aromatic rings. The average Bonchev–Trinajstić information content (AvgIpc) is 3.05. The summed E-state index contributed by atoms with van der Waals surface area (Å²) < 4.78 is 5.34. The lowest BCUT2D eigenvalue weighted by atomic mass is 10.0. The molecule has 1 rings (SSSR count). The lowest BCUT2D eigenvalue weighted by molar-refractivity contribution is 0.0988. The molecule has 0 aromatic carbocycles. The summed E-state index contributed by atoms with van der Waals surface area (Å²) in [5.41, 5.74) is 0. The van der Waals surface area contributed by atoms with Gasteiger partial charge in [0, 0.05) is 13.2 Å². The van der Waals surface area contributed by atoms with Gasteiger partial charge < -0.3 is 10.1 Å². The fraction of sp³-hybridized carbons (Fsp3) is 1.00. The molecular weight excluding hydrogens is 186 g/mol. The van der Waals surface area contributed by atoms with Gasteiger partial charge in [0.2, 0.25) is 0 Å². The third-order valence-corrected chi connectivity index (χ3v) is 3.32. The molecule has 2 nitrogen and oxygen atoms in total. The maximum absolute atomic E-state index is 5.34. The molecule has 1 aliphatic rings. The van der Waals surface area contributed by atoms with Crippen LogP contribution >= 0.6 is 0 Å². The summed E-state index contributed by atoms with van der Waals surface area (Å²) in [7, 11) is 1.81. The summed E-state index contributed by atoms with van der Waals surface area (Å²) in [6.45, 7) is 5.54. The Morgan fingerprint density at radius 2 is 2.13 bits per heavy atom. The summed E-state index contributed by atoms with van der Waals surface area (Å²) in [4.78, 5) is 0. The highest BCUT2D eigenvalue weighted by Crippen LogP contribution is 2.34. The van der Waals surface area contributed by atoms with E-state index in [4.69, 9.17) is 4.74 Å². The van der Waals surface area contributed by atoms with Crippen molar-refractivity contribution in [2.75, 3.05) is 13.7 Å². The minimum Gasteiger partial charge on any atom is -0.382 e. The smallest absolute Gasteiger partial charge is 0.0558 e. The van der Waals surface area contributed by atoms with Gasteiger partial charge in [0.05, 0.1) is 6.10 Å². The molecule has 0 spiro atoms. The number of hydrogen-bond acceptors (Lipinski definition) is 2. The maximum atomic E-state index is 5.34. The highest BCUT2D eigenvalue weighted by molar-refractivity contribution is 4.77. The second kappa shape index (κ2) is 7.24. The summed E-state index contributed by atoms with van der Waals surface area (Å²) in [5, 5.41) is 3.64. The molecule has 0 saturated heterocycles. The van der Waals surface area contributed by atoms with Crippen molar-refractivity contribution in [1.82, 2.24) is 5.32 Å². The second-order valence-corrected chi connectivity index (χ2v) is 4.95. The topological polar surface area (TPSA) is 21.3 Å². The number of rotatable bonds is 9. The van der Waals surface area contributed by atoms with E-state index in [1.54, 1.807) is 0 Å². The molecular formula is C13H27NO. The Hall–Kier alpha value is -0.0800. The van der Waals surface area contributed by atoms with Crippen LogP contribution in [0.5, 0.6) is 0 Å². The van der Waals surface area contributed by atoms with Crippen LogP contribution in [0.3, 0.4) is 0 Å². The molecule has 15 heavy (non-hydrogen) atoms. The number of methoxy groups -OCH3 is 1. The Morgan fingerprint density at radius 1 is 1.40 bits per heavy atom. The van der Waals surface area contributed by atoms with E-state index in [0.717, 1.165) is 18.9 Å². The van der Waals surface area contributed by atoms with Crippen molar-refractivity contribution >= 4 is 0 Å². The first kappa shape index (κ1) is 13.0. The van der Waals surface area contributed by atoms with E-state index in [0.29, 0.717) is 12.1 Å². The van der Waals surface area contributed by atoms with Gasteiger partial charge in [-0.3, -0.25) is 0 Å². The van der Waals surface area contributed by atoms with Crippen molar-refractivity contribution in [1.29, 1.82) is 0 Å². The van der Waals surface area contributed by atoms with E-state index >= 15 is 0 Å². The molecule has 2 atom stereocenters. The van der Waals surface area contributed by atoms with E-state index in [1.165, 1.54) is 32.1 Å². The minimum atomic E-state index is 0.388. The van der Waals surface area contributed by atoms with Gasteiger partial charge in [0.25, 0.3) is 0 Å². The van der Waals surface area contributed by atoms with Gasteiger partial charge in [0.15, 0.2) is 0 Å². The molecule has 0 heterocycles. The van der Waals surface area contributed by atoms with Crippen molar-refractivity contribution in [3.05, 3.63) is 0 Å². The molecule has 1 N–H and O–H groups in total. The summed E-state index contributed by atoms with van der Waals surface area (Å²) >= 11 is 0. The summed E-state index contributed by atoms with van der Waals surface area (Å²) in [6.07, 6.45) is 8.46. The molecule has 2 unspecified atom stereocenters. The van der Waals surface area contributed by atoms with Crippen LogP contribution in [0.15, 0.2) is 0 Å². The van der Waals surface area contributed by atoms with Crippen molar-refractivity contribution in [3.8, 4) is 0 Å². The van der Waals surface area contributed by atoms with Crippen LogP contribution in [0.2, 0.25) is 0 Å². The normalized spacial score (nSPS) is 20.2. The first-order valence-corrected chi connectivity index (χ1v) is 6.52. The first-order valence-electron chi connectivity index (χ1n) is 6.52. The zero-order valence-corrected chi connectivity index (χ0v) is 10.6. The Morgan fingerprint density at radius 3 is 2.67 bits per heavy atom. The van der Waals surface area contributed by atoms with Crippen LogP contribution in [-0.2, 0) is 4.74 Å². The largest absolute Gasteiger partial charge is 0.382 e. The number of hydrogen-bond donors (Lipinski definition) is 1. The third-order valence-electron chi connectivity index (χ3n) is 3.32. The van der Waals surface area contributed by atoms with E-state index in [9.17, 15) is 0 Å². The minimum absolute atomic E-state index is 0.388. The number of ether oxygens (including phenoxy) is 1.